The Kier molecular flexibility index (Phi) is 4.86. The van der Waals surface area contributed by atoms with E-state index in [0.717, 1.165) is 16.1 Å². The molecule has 174 valence electrons. The molecule has 5 aromatic rings. The molecule has 0 atom stereocenters. The van der Waals surface area contributed by atoms with Crippen LogP contribution in [0.1, 0.15) is 0 Å². The Morgan fingerprint density at radius 3 is 2.56 bits per heavy atom. The zero-order chi connectivity index (χ0) is 24.1. The van der Waals surface area contributed by atoms with E-state index in [9.17, 15) is 26.4 Å². The molecule has 0 bridgehead atoms. The molecule has 0 aliphatic carbocycles. The quantitative estimate of drug-likeness (QED) is 0.342. The molecule has 34 heavy (non-hydrogen) atoms. The minimum absolute atomic E-state index is 0.190. The molecule has 0 aliphatic rings. The molecule has 2 aromatic carbocycles. The number of ether oxygens (including phenoxy) is 1. The molecule has 0 fully saturated rings. The Bertz CT molecular complexity index is 1700. The third-order valence-corrected chi connectivity index (χ3v) is 6.67. The minimum Gasteiger partial charge on any atom is -0.404 e. The fourth-order valence-corrected chi connectivity index (χ4v) is 4.98. The van der Waals surface area contributed by atoms with Crippen molar-refractivity contribution in [1.29, 1.82) is 0 Å². The van der Waals surface area contributed by atoms with Crippen molar-refractivity contribution in [1.82, 2.24) is 18.9 Å². The summed E-state index contributed by atoms with van der Waals surface area (Å²) in [6.07, 6.45) is -2.40. The summed E-state index contributed by atoms with van der Waals surface area (Å²) in [5.41, 5.74) is 1.57. The second-order valence-electron chi connectivity index (χ2n) is 7.20. The van der Waals surface area contributed by atoms with E-state index in [1.165, 1.54) is 36.7 Å². The van der Waals surface area contributed by atoms with Gasteiger partial charge in [-0.1, -0.05) is 12.1 Å². The van der Waals surface area contributed by atoms with Gasteiger partial charge in [-0.25, -0.2) is 22.2 Å². The number of anilines is 2. The van der Waals surface area contributed by atoms with Crippen molar-refractivity contribution >= 4 is 43.5 Å². The average Bonchev–Trinajstić information content (AvgIpc) is 3.35. The van der Waals surface area contributed by atoms with E-state index in [1.54, 1.807) is 18.2 Å². The highest BCUT2D eigenvalue weighted by Gasteiger charge is 2.34. The van der Waals surface area contributed by atoms with E-state index in [4.69, 9.17) is 0 Å². The van der Waals surface area contributed by atoms with Gasteiger partial charge in [0.1, 0.15) is 16.5 Å². The van der Waals surface area contributed by atoms with Crippen LogP contribution < -0.4 is 15.7 Å². The molecule has 13 heteroatoms. The number of benzene rings is 2. The first-order valence-corrected chi connectivity index (χ1v) is 11.1. The number of para-hydroxylation sites is 1. The van der Waals surface area contributed by atoms with Gasteiger partial charge < -0.3 is 20.0 Å². The highest BCUT2D eigenvalue weighted by atomic mass is 32.2. The first-order valence-electron chi connectivity index (χ1n) is 9.67. The number of H-pyrrole nitrogens is 2. The second-order valence-corrected chi connectivity index (χ2v) is 8.99. The topological polar surface area (TPSA) is 122 Å². The lowest BCUT2D eigenvalue weighted by Gasteiger charge is -2.14. The van der Waals surface area contributed by atoms with Gasteiger partial charge in [0.05, 0.1) is 16.6 Å². The largest absolute Gasteiger partial charge is 0.573 e. The normalized spacial score (nSPS) is 12.3. The van der Waals surface area contributed by atoms with E-state index in [1.807, 2.05) is 0 Å². The smallest absolute Gasteiger partial charge is 0.404 e. The summed E-state index contributed by atoms with van der Waals surface area (Å²) >= 11 is 0. The number of aromatic amines is 2. The molecule has 3 aromatic heterocycles. The van der Waals surface area contributed by atoms with Crippen molar-refractivity contribution in [3.63, 3.8) is 0 Å². The predicted octanol–water partition coefficient (Wildman–Crippen LogP) is 4.09. The molecule has 9 nitrogen and oxygen atoms in total. The van der Waals surface area contributed by atoms with Gasteiger partial charge in [-0.15, -0.1) is 13.2 Å². The van der Waals surface area contributed by atoms with Crippen LogP contribution >= 0.6 is 0 Å². The number of aromatic nitrogens is 4. The van der Waals surface area contributed by atoms with E-state index in [2.05, 4.69) is 25.0 Å². The summed E-state index contributed by atoms with van der Waals surface area (Å²) in [6.45, 7) is 0. The second kappa shape index (κ2) is 7.66. The number of fused-ring (bicyclic) bond motifs is 2. The molecule has 0 unspecified atom stereocenters. The monoisotopic (exact) mass is 489 g/mol. The van der Waals surface area contributed by atoms with Crippen molar-refractivity contribution < 1.29 is 26.3 Å². The lowest BCUT2D eigenvalue weighted by Crippen LogP contribution is -2.20. The number of alkyl halides is 3. The molecule has 3 heterocycles. The first-order chi connectivity index (χ1) is 16.1. The molecule has 0 spiro atoms. The van der Waals surface area contributed by atoms with Crippen molar-refractivity contribution in [3.8, 4) is 5.75 Å². The van der Waals surface area contributed by atoms with Crippen LogP contribution in [0.5, 0.6) is 5.75 Å². The van der Waals surface area contributed by atoms with E-state index < -0.39 is 27.0 Å². The number of imidazole rings is 1. The van der Waals surface area contributed by atoms with Crippen LogP contribution in [0.2, 0.25) is 0 Å². The van der Waals surface area contributed by atoms with Crippen LogP contribution in [0, 0.1) is 0 Å². The van der Waals surface area contributed by atoms with Gasteiger partial charge in [0, 0.05) is 29.5 Å². The summed E-state index contributed by atoms with van der Waals surface area (Å²) in [5.74, 6) is -0.558. The van der Waals surface area contributed by atoms with Crippen LogP contribution in [0.3, 0.4) is 0 Å². The first kappa shape index (κ1) is 21.6. The molecule has 0 aliphatic heterocycles. The van der Waals surface area contributed by atoms with Crippen molar-refractivity contribution in [3.05, 3.63) is 77.5 Å². The minimum atomic E-state index is -5.06. The van der Waals surface area contributed by atoms with Crippen molar-refractivity contribution in [2.24, 2.45) is 0 Å². The van der Waals surface area contributed by atoms with Crippen LogP contribution in [0.15, 0.2) is 76.7 Å². The van der Waals surface area contributed by atoms with Gasteiger partial charge in [-0.3, -0.25) is 0 Å². The maximum absolute atomic E-state index is 13.3. The standard InChI is InChI=1S/C21H14F3N5O4S/c22-21(23,24)33-17-3-1-2-4-18(17)34(31,32)29-8-7-12-11-25-19(10-16(12)29)26-13-5-6-14-15(9-13)28-20(30)27-14/h1-11H,(H,25,26)(H2,27,28,30). The zero-order valence-corrected chi connectivity index (χ0v) is 17.7. The number of hydrogen-bond donors (Lipinski definition) is 3. The number of nitrogens with one attached hydrogen (secondary N) is 3. The Balaban J connectivity index is 1.55. The number of rotatable bonds is 5. The van der Waals surface area contributed by atoms with Gasteiger partial charge >= 0.3 is 12.1 Å². The molecular weight excluding hydrogens is 475 g/mol. The summed E-state index contributed by atoms with van der Waals surface area (Å²) in [7, 11) is -4.45. The molecule has 0 saturated carbocycles. The van der Waals surface area contributed by atoms with Crippen LogP contribution in [0.4, 0.5) is 24.7 Å². The Morgan fingerprint density at radius 1 is 1.00 bits per heavy atom. The fourth-order valence-electron chi connectivity index (χ4n) is 3.52. The average molecular weight is 489 g/mol. The molecule has 3 N–H and O–H groups in total. The van der Waals surface area contributed by atoms with Gasteiger partial charge in [0.2, 0.25) is 0 Å². The van der Waals surface area contributed by atoms with Crippen LogP contribution in [-0.2, 0) is 10.0 Å². The van der Waals surface area contributed by atoms with Gasteiger partial charge in [0.25, 0.3) is 10.0 Å². The fraction of sp³-hybridized carbons (Fsp3) is 0.0476. The number of nitrogens with zero attached hydrogens (tertiary/aromatic N) is 2. The highest BCUT2D eigenvalue weighted by Crippen LogP contribution is 2.32. The van der Waals surface area contributed by atoms with E-state index in [0.29, 0.717) is 22.1 Å². The van der Waals surface area contributed by atoms with Crippen molar-refractivity contribution in [2.45, 2.75) is 11.3 Å². The van der Waals surface area contributed by atoms with Crippen LogP contribution in [0.25, 0.3) is 21.9 Å². The predicted molar refractivity (Wildman–Crippen MR) is 118 cm³/mol. The maximum atomic E-state index is 13.3. The summed E-state index contributed by atoms with van der Waals surface area (Å²) < 4.78 is 69.7. The van der Waals surface area contributed by atoms with E-state index in [-0.39, 0.29) is 17.0 Å². The molecule has 0 saturated heterocycles. The Morgan fingerprint density at radius 2 is 1.76 bits per heavy atom. The lowest BCUT2D eigenvalue weighted by molar-refractivity contribution is -0.275. The third kappa shape index (κ3) is 3.96. The van der Waals surface area contributed by atoms with Gasteiger partial charge in [-0.05, 0) is 36.4 Å². The lowest BCUT2D eigenvalue weighted by atomic mass is 10.2. The molecule has 5 rings (SSSR count). The summed E-state index contributed by atoms with van der Waals surface area (Å²) in [4.78, 5) is 20.3. The zero-order valence-electron chi connectivity index (χ0n) is 16.9. The number of hydrogen-bond acceptors (Lipinski definition) is 6. The van der Waals surface area contributed by atoms with E-state index >= 15 is 0 Å². The van der Waals surface area contributed by atoms with Gasteiger partial charge in [-0.2, -0.15) is 0 Å². The summed E-state index contributed by atoms with van der Waals surface area (Å²) in [5, 5.41) is 3.47. The maximum Gasteiger partial charge on any atom is 0.573 e. The Labute approximate surface area is 188 Å². The van der Waals surface area contributed by atoms with Crippen LogP contribution in [-0.4, -0.2) is 33.7 Å². The Hall–Kier alpha value is -4.26. The van der Waals surface area contributed by atoms with Crippen molar-refractivity contribution in [2.75, 3.05) is 5.32 Å². The molecule has 0 radical (unpaired) electrons. The van der Waals surface area contributed by atoms with Gasteiger partial charge in [0.15, 0.2) is 0 Å². The third-order valence-electron chi connectivity index (χ3n) is 4.94. The SMILES string of the molecule is O=c1[nH]c2ccc(Nc3cc4c(ccn4S(=O)(=O)c4ccccc4OC(F)(F)F)cn3)cc2[nH]1. The number of pyridine rings is 1. The highest BCUT2D eigenvalue weighted by molar-refractivity contribution is 7.90. The molecule has 0 amide bonds. The summed E-state index contributed by atoms with van der Waals surface area (Å²) in [6, 6.07) is 12.5. The molecular formula is C21H14F3N5O4S. The number of halogens is 3.